The number of rotatable bonds is 3. The second kappa shape index (κ2) is 8.66. The minimum absolute atomic E-state index is 0. The summed E-state index contributed by atoms with van der Waals surface area (Å²) in [6.45, 7) is 1.28. The zero-order valence-corrected chi connectivity index (χ0v) is 15.0. The molecule has 0 aliphatic carbocycles. The van der Waals surface area contributed by atoms with E-state index in [0.29, 0.717) is 19.0 Å². The first kappa shape index (κ1) is 18.3. The first-order valence-electron chi connectivity index (χ1n) is 6.73. The van der Waals surface area contributed by atoms with Gasteiger partial charge >= 0.3 is 0 Å². The number of nitrogens with zero attached hydrogens (tertiary/aromatic N) is 2. The summed E-state index contributed by atoms with van der Waals surface area (Å²) >= 11 is 0. The minimum Gasteiger partial charge on any atom is -0.490 e. The molecule has 1 aromatic rings. The van der Waals surface area contributed by atoms with Crippen LogP contribution in [0.25, 0.3) is 0 Å². The molecule has 1 aliphatic rings. The third-order valence-electron chi connectivity index (χ3n) is 2.90. The number of nitrogens with two attached hydrogens (primary N) is 1. The second-order valence-electron chi connectivity index (χ2n) is 4.83. The van der Waals surface area contributed by atoms with Crippen LogP contribution in [0.1, 0.15) is 6.42 Å². The molecule has 0 saturated heterocycles. The maximum atomic E-state index is 11.4. The number of hydrogen-bond acceptors (Lipinski definition) is 4. The van der Waals surface area contributed by atoms with E-state index in [9.17, 15) is 4.79 Å². The molecule has 1 aliphatic heterocycles. The number of anilines is 1. The molecule has 122 valence electrons. The van der Waals surface area contributed by atoms with Crippen molar-refractivity contribution in [3.63, 3.8) is 0 Å². The molecule has 1 aromatic carbocycles. The van der Waals surface area contributed by atoms with E-state index in [1.807, 2.05) is 12.1 Å². The molecule has 0 atom stereocenters. The van der Waals surface area contributed by atoms with Crippen molar-refractivity contribution in [2.45, 2.75) is 6.42 Å². The van der Waals surface area contributed by atoms with Gasteiger partial charge in [-0.1, -0.05) is 0 Å². The molecule has 0 aromatic heterocycles. The number of hydrogen-bond donors (Lipinski definition) is 2. The number of benzene rings is 1. The van der Waals surface area contributed by atoms with Crippen LogP contribution in [0.5, 0.6) is 11.5 Å². The molecule has 3 N–H and O–H groups in total. The van der Waals surface area contributed by atoms with Crippen molar-refractivity contribution in [3.8, 4) is 11.5 Å². The quantitative estimate of drug-likeness (QED) is 0.437. The van der Waals surface area contributed by atoms with Crippen LogP contribution in [0.3, 0.4) is 0 Å². The number of amides is 1. The third-order valence-corrected chi connectivity index (χ3v) is 2.90. The first-order valence-corrected chi connectivity index (χ1v) is 6.73. The molecule has 8 heteroatoms. The lowest BCUT2D eigenvalue weighted by atomic mass is 10.3. The van der Waals surface area contributed by atoms with E-state index in [4.69, 9.17) is 15.2 Å². The van der Waals surface area contributed by atoms with Crippen molar-refractivity contribution in [1.82, 2.24) is 4.90 Å². The topological polar surface area (TPSA) is 89.2 Å². The summed E-state index contributed by atoms with van der Waals surface area (Å²) < 4.78 is 11.1. The van der Waals surface area contributed by atoms with Gasteiger partial charge in [0.25, 0.3) is 0 Å². The van der Waals surface area contributed by atoms with Gasteiger partial charge < -0.3 is 25.4 Å². The Labute approximate surface area is 146 Å². The highest BCUT2D eigenvalue weighted by atomic mass is 127. The van der Waals surface area contributed by atoms with Gasteiger partial charge in [0.2, 0.25) is 5.91 Å². The van der Waals surface area contributed by atoms with Gasteiger partial charge in [0, 0.05) is 32.3 Å². The highest BCUT2D eigenvalue weighted by molar-refractivity contribution is 14.0. The van der Waals surface area contributed by atoms with Crippen LogP contribution in [-0.4, -0.2) is 50.6 Å². The molecule has 0 saturated carbocycles. The van der Waals surface area contributed by atoms with Crippen LogP contribution in [0.2, 0.25) is 0 Å². The lowest BCUT2D eigenvalue weighted by molar-refractivity contribution is -0.127. The molecule has 0 fully saturated rings. The Morgan fingerprint density at radius 3 is 2.68 bits per heavy atom. The fourth-order valence-electron chi connectivity index (χ4n) is 1.72. The number of carbonyl (C=O) groups is 1. The zero-order valence-electron chi connectivity index (χ0n) is 12.7. The molecular formula is C14H21IN4O3. The summed E-state index contributed by atoms with van der Waals surface area (Å²) in [6.07, 6.45) is 0.855. The number of fused-ring (bicyclic) bond motifs is 1. The summed E-state index contributed by atoms with van der Waals surface area (Å²) in [7, 11) is 3.34. The number of guanidine groups is 1. The molecule has 0 radical (unpaired) electrons. The summed E-state index contributed by atoms with van der Waals surface area (Å²) in [5, 5.41) is 2.93. The fraction of sp³-hybridized carbons (Fsp3) is 0.429. The van der Waals surface area contributed by atoms with Crippen molar-refractivity contribution < 1.29 is 14.3 Å². The number of nitrogens with one attached hydrogen (secondary N) is 1. The van der Waals surface area contributed by atoms with Gasteiger partial charge in [0.1, 0.15) is 6.54 Å². The molecule has 1 heterocycles. The third kappa shape index (κ3) is 5.24. The number of ether oxygens (including phenoxy) is 2. The predicted molar refractivity (Wildman–Crippen MR) is 96.3 cm³/mol. The molecule has 0 bridgehead atoms. The summed E-state index contributed by atoms with van der Waals surface area (Å²) in [6, 6.07) is 5.45. The Balaban J connectivity index is 0.00000242. The highest BCUT2D eigenvalue weighted by Gasteiger charge is 2.11. The average molecular weight is 420 g/mol. The SMILES string of the molecule is CN(C)C(=O)CN=C(N)Nc1ccc2c(c1)OCCCO2.I. The summed E-state index contributed by atoms with van der Waals surface area (Å²) in [4.78, 5) is 16.9. The Morgan fingerprint density at radius 2 is 2.00 bits per heavy atom. The van der Waals surface area contributed by atoms with Gasteiger partial charge in [-0.05, 0) is 12.1 Å². The molecular weight excluding hydrogens is 399 g/mol. The molecule has 22 heavy (non-hydrogen) atoms. The molecule has 7 nitrogen and oxygen atoms in total. The monoisotopic (exact) mass is 420 g/mol. The van der Waals surface area contributed by atoms with Crippen molar-refractivity contribution in [3.05, 3.63) is 18.2 Å². The van der Waals surface area contributed by atoms with E-state index in [1.165, 1.54) is 4.90 Å². The van der Waals surface area contributed by atoms with E-state index < -0.39 is 0 Å². The van der Waals surface area contributed by atoms with Crippen molar-refractivity contribution >= 4 is 41.5 Å². The lowest BCUT2D eigenvalue weighted by Crippen LogP contribution is -2.28. The Bertz CT molecular complexity index is 549. The fourth-order valence-corrected chi connectivity index (χ4v) is 1.72. The normalized spacial score (nSPS) is 13.6. The largest absolute Gasteiger partial charge is 0.490 e. The smallest absolute Gasteiger partial charge is 0.243 e. The van der Waals surface area contributed by atoms with Crippen molar-refractivity contribution in [1.29, 1.82) is 0 Å². The molecule has 0 unspecified atom stereocenters. The highest BCUT2D eigenvalue weighted by Crippen LogP contribution is 2.32. The predicted octanol–water partition coefficient (Wildman–Crippen LogP) is 1.28. The number of likely N-dealkylation sites (N-methyl/N-ethyl adjacent to an activating group) is 1. The van der Waals surface area contributed by atoms with Gasteiger partial charge in [-0.15, -0.1) is 24.0 Å². The van der Waals surface area contributed by atoms with Crippen LogP contribution >= 0.6 is 24.0 Å². The average Bonchev–Trinajstić information content (AvgIpc) is 2.69. The van der Waals surface area contributed by atoms with E-state index in [2.05, 4.69) is 10.3 Å². The number of aliphatic imine (C=N–C) groups is 1. The Morgan fingerprint density at radius 1 is 1.32 bits per heavy atom. The second-order valence-corrected chi connectivity index (χ2v) is 4.83. The van der Waals surface area contributed by atoms with Crippen molar-refractivity contribution in [2.75, 3.05) is 39.2 Å². The van der Waals surface area contributed by atoms with Crippen LogP contribution in [0, 0.1) is 0 Å². The van der Waals surface area contributed by atoms with E-state index in [0.717, 1.165) is 17.9 Å². The molecule has 0 spiro atoms. The standard InChI is InChI=1S/C14H20N4O3.HI/c1-18(2)13(19)9-16-14(15)17-10-4-5-11-12(8-10)21-7-3-6-20-11;/h4-5,8H,3,6-7,9H2,1-2H3,(H3,15,16,17);1H. The van der Waals surface area contributed by atoms with Gasteiger partial charge in [-0.3, -0.25) is 4.79 Å². The lowest BCUT2D eigenvalue weighted by Gasteiger charge is -2.11. The van der Waals surface area contributed by atoms with Gasteiger partial charge in [-0.2, -0.15) is 0 Å². The molecule has 2 rings (SSSR count). The van der Waals surface area contributed by atoms with Gasteiger partial charge in [0.05, 0.1) is 13.2 Å². The van der Waals surface area contributed by atoms with E-state index in [1.54, 1.807) is 20.2 Å². The summed E-state index contributed by atoms with van der Waals surface area (Å²) in [5.74, 6) is 1.46. The van der Waals surface area contributed by atoms with Crippen LogP contribution in [-0.2, 0) is 4.79 Å². The van der Waals surface area contributed by atoms with Crippen LogP contribution in [0.4, 0.5) is 5.69 Å². The van der Waals surface area contributed by atoms with Crippen LogP contribution < -0.4 is 20.5 Å². The maximum absolute atomic E-state index is 11.4. The van der Waals surface area contributed by atoms with Gasteiger partial charge in [0.15, 0.2) is 17.5 Å². The number of halogens is 1. The van der Waals surface area contributed by atoms with E-state index in [-0.39, 0.29) is 42.4 Å². The minimum atomic E-state index is -0.113. The Kier molecular flexibility index (Phi) is 7.22. The maximum Gasteiger partial charge on any atom is 0.243 e. The first-order chi connectivity index (χ1) is 10.1. The number of carbonyl (C=O) groups excluding carboxylic acids is 1. The van der Waals surface area contributed by atoms with Gasteiger partial charge in [-0.25, -0.2) is 4.99 Å². The molecule has 1 amide bonds. The van der Waals surface area contributed by atoms with Crippen molar-refractivity contribution in [2.24, 2.45) is 10.7 Å². The van der Waals surface area contributed by atoms with Crippen LogP contribution in [0.15, 0.2) is 23.2 Å². The Hall–Kier alpha value is -1.71. The zero-order chi connectivity index (χ0) is 15.2. The summed E-state index contributed by atoms with van der Waals surface area (Å²) in [5.41, 5.74) is 6.49. The van der Waals surface area contributed by atoms with E-state index >= 15 is 0 Å².